The maximum Gasteiger partial charge on any atom is -0.0380 e. The molecule has 6 heavy (non-hydrogen) atoms. The van der Waals surface area contributed by atoms with Gasteiger partial charge in [-0.05, 0) is 30.6 Å². The van der Waals surface area contributed by atoms with Gasteiger partial charge in [0, 0.05) is 0 Å². The molecule has 0 heteroatoms. The topological polar surface area (TPSA) is 0 Å². The molecule has 0 unspecified atom stereocenters. The van der Waals surface area contributed by atoms with Gasteiger partial charge in [-0.25, -0.2) is 0 Å². The second-order valence-corrected chi connectivity index (χ2v) is 2.85. The second kappa shape index (κ2) is 0.661. The van der Waals surface area contributed by atoms with Gasteiger partial charge in [-0.2, -0.15) is 0 Å². The van der Waals surface area contributed by atoms with E-state index in [1.54, 1.807) is 12.8 Å². The van der Waals surface area contributed by atoms with Gasteiger partial charge in [0.05, 0.1) is 0 Å². The lowest BCUT2D eigenvalue weighted by Gasteiger charge is -2.56. The zero-order valence-corrected chi connectivity index (χ0v) is 4.15. The van der Waals surface area contributed by atoms with Gasteiger partial charge in [0.15, 0.2) is 0 Å². The van der Waals surface area contributed by atoms with E-state index >= 15 is 0 Å². The average molecular weight is 82.1 g/mol. The van der Waals surface area contributed by atoms with Crippen molar-refractivity contribution in [1.29, 1.82) is 0 Å². The van der Waals surface area contributed by atoms with Gasteiger partial charge >= 0.3 is 0 Å². The van der Waals surface area contributed by atoms with Crippen molar-refractivity contribution in [2.24, 2.45) is 17.8 Å². The highest BCUT2D eigenvalue weighted by atomic mass is 14.5. The van der Waals surface area contributed by atoms with Crippen molar-refractivity contribution in [2.45, 2.75) is 19.8 Å². The summed E-state index contributed by atoms with van der Waals surface area (Å²) in [7, 11) is 0. The van der Waals surface area contributed by atoms with Crippen molar-refractivity contribution in [2.75, 3.05) is 0 Å². The molecule has 3 aliphatic carbocycles. The van der Waals surface area contributed by atoms with Crippen molar-refractivity contribution in [3.8, 4) is 0 Å². The van der Waals surface area contributed by atoms with E-state index in [9.17, 15) is 0 Å². The fourth-order valence-corrected chi connectivity index (χ4v) is 1.56. The molecular weight excluding hydrogens is 72.1 g/mol. The van der Waals surface area contributed by atoms with Crippen molar-refractivity contribution in [1.82, 2.24) is 0 Å². The fourth-order valence-electron chi connectivity index (χ4n) is 1.56. The van der Waals surface area contributed by atoms with Crippen LogP contribution in [-0.2, 0) is 0 Å². The Hall–Kier alpha value is 0. The average Bonchev–Trinajstić information content (AvgIpc) is 1.28. The van der Waals surface area contributed by atoms with Crippen LogP contribution in [0.15, 0.2) is 0 Å². The van der Waals surface area contributed by atoms with Crippen LogP contribution >= 0.6 is 0 Å². The van der Waals surface area contributed by atoms with Crippen LogP contribution in [0.2, 0.25) is 0 Å². The summed E-state index contributed by atoms with van der Waals surface area (Å²) in [6.45, 7) is 2.38. The van der Waals surface area contributed by atoms with E-state index in [2.05, 4.69) is 6.92 Å². The first-order valence-electron chi connectivity index (χ1n) is 2.88. The van der Waals surface area contributed by atoms with Crippen molar-refractivity contribution >= 4 is 0 Å². The number of hydrogen-bond donors (Lipinski definition) is 0. The van der Waals surface area contributed by atoms with Crippen LogP contribution in [0.3, 0.4) is 0 Å². The highest BCUT2D eigenvalue weighted by Crippen LogP contribution is 2.57. The molecule has 0 amide bonds. The van der Waals surface area contributed by atoms with E-state index in [-0.39, 0.29) is 0 Å². The third kappa shape index (κ3) is 0.141. The molecule has 0 saturated heterocycles. The Labute approximate surface area is 38.6 Å². The first kappa shape index (κ1) is 3.06. The molecule has 0 aromatic rings. The summed E-state index contributed by atoms with van der Waals surface area (Å²) in [6.07, 6.45) is 3.14. The smallest absolute Gasteiger partial charge is 0.0380 e. The second-order valence-electron chi connectivity index (χ2n) is 2.85. The van der Waals surface area contributed by atoms with Gasteiger partial charge in [0.1, 0.15) is 0 Å². The molecule has 3 fully saturated rings. The minimum atomic E-state index is 1.13. The summed E-state index contributed by atoms with van der Waals surface area (Å²) >= 11 is 0. The lowest BCUT2D eigenvalue weighted by atomic mass is 9.49. The summed E-state index contributed by atoms with van der Waals surface area (Å²) in [4.78, 5) is 0. The Morgan fingerprint density at radius 1 is 1.17 bits per heavy atom. The molecule has 0 aromatic heterocycles. The molecule has 3 saturated carbocycles. The number of rotatable bonds is 0. The van der Waals surface area contributed by atoms with Crippen LogP contribution in [0, 0.1) is 17.8 Å². The fraction of sp³-hybridized carbons (Fsp3) is 1.00. The molecule has 0 spiro atoms. The SMILES string of the molecule is CC1C2CC1C2. The molecule has 0 N–H and O–H groups in total. The monoisotopic (exact) mass is 82.1 g/mol. The van der Waals surface area contributed by atoms with Crippen LogP contribution in [0.25, 0.3) is 0 Å². The van der Waals surface area contributed by atoms with Crippen LogP contribution in [0.5, 0.6) is 0 Å². The summed E-state index contributed by atoms with van der Waals surface area (Å²) in [6, 6.07) is 0. The highest BCUT2D eigenvalue weighted by Gasteiger charge is 2.48. The van der Waals surface area contributed by atoms with E-state index < -0.39 is 0 Å². The van der Waals surface area contributed by atoms with Crippen molar-refractivity contribution in [3.05, 3.63) is 0 Å². The molecule has 34 valence electrons. The van der Waals surface area contributed by atoms with E-state index in [1.165, 1.54) is 11.8 Å². The van der Waals surface area contributed by atoms with Crippen LogP contribution < -0.4 is 0 Å². The van der Waals surface area contributed by atoms with Crippen LogP contribution in [0.4, 0.5) is 0 Å². The predicted molar refractivity (Wildman–Crippen MR) is 25.4 cm³/mol. The molecule has 0 atom stereocenters. The summed E-state index contributed by atoms with van der Waals surface area (Å²) in [5, 5.41) is 0. The third-order valence-electron chi connectivity index (χ3n) is 2.70. The minimum Gasteiger partial charge on any atom is -0.0620 e. The maximum atomic E-state index is 2.38. The van der Waals surface area contributed by atoms with E-state index in [0.29, 0.717) is 0 Å². The van der Waals surface area contributed by atoms with Crippen LogP contribution in [0.1, 0.15) is 19.8 Å². The Kier molecular flexibility index (Phi) is 0.337. The Morgan fingerprint density at radius 2 is 1.50 bits per heavy atom. The van der Waals surface area contributed by atoms with Crippen molar-refractivity contribution < 1.29 is 0 Å². The zero-order chi connectivity index (χ0) is 4.15. The standard InChI is InChI=1S/C6H10/c1-4-5-2-6(4)3-5/h4-6H,2-3H2,1H3. The Balaban J connectivity index is 2.11. The molecule has 3 rings (SSSR count). The van der Waals surface area contributed by atoms with E-state index in [1.807, 2.05) is 0 Å². The molecule has 3 aliphatic rings. The molecule has 2 bridgehead atoms. The lowest BCUT2D eigenvalue weighted by molar-refractivity contribution is -0.0673. The molecular formula is C6H10. The minimum absolute atomic E-state index is 1.13. The zero-order valence-electron chi connectivity index (χ0n) is 4.15. The van der Waals surface area contributed by atoms with Crippen LogP contribution in [-0.4, -0.2) is 0 Å². The Morgan fingerprint density at radius 3 is 1.50 bits per heavy atom. The summed E-state index contributed by atoms with van der Waals surface area (Å²) in [5.41, 5.74) is 0. The summed E-state index contributed by atoms with van der Waals surface area (Å²) < 4.78 is 0. The van der Waals surface area contributed by atoms with Gasteiger partial charge in [-0.15, -0.1) is 0 Å². The third-order valence-corrected chi connectivity index (χ3v) is 2.70. The molecule has 0 aromatic carbocycles. The normalized spacial score (nSPS) is 62.5. The quantitative estimate of drug-likeness (QED) is 0.417. The van der Waals surface area contributed by atoms with E-state index in [0.717, 1.165) is 5.92 Å². The molecule has 0 nitrogen and oxygen atoms in total. The first-order valence-corrected chi connectivity index (χ1v) is 2.88. The predicted octanol–water partition coefficient (Wildman–Crippen LogP) is 1.66. The van der Waals surface area contributed by atoms with Gasteiger partial charge in [0.25, 0.3) is 0 Å². The molecule has 0 aliphatic heterocycles. The van der Waals surface area contributed by atoms with Gasteiger partial charge in [-0.1, -0.05) is 6.92 Å². The molecule has 0 radical (unpaired) electrons. The summed E-state index contributed by atoms with van der Waals surface area (Å²) in [5.74, 6) is 3.48. The lowest BCUT2D eigenvalue weighted by Crippen LogP contribution is -2.48. The van der Waals surface area contributed by atoms with Gasteiger partial charge in [0.2, 0.25) is 0 Å². The largest absolute Gasteiger partial charge is 0.0620 e. The number of hydrogen-bond acceptors (Lipinski definition) is 0. The Bertz CT molecular complexity index is 62.1. The molecule has 0 heterocycles. The van der Waals surface area contributed by atoms with Gasteiger partial charge < -0.3 is 0 Å². The maximum absolute atomic E-state index is 2.38. The van der Waals surface area contributed by atoms with Crippen molar-refractivity contribution in [3.63, 3.8) is 0 Å². The van der Waals surface area contributed by atoms with E-state index in [4.69, 9.17) is 0 Å². The first-order chi connectivity index (χ1) is 2.88. The van der Waals surface area contributed by atoms with Gasteiger partial charge in [-0.3, -0.25) is 0 Å². The highest BCUT2D eigenvalue weighted by molar-refractivity contribution is 4.98.